The van der Waals surface area contributed by atoms with Crippen molar-refractivity contribution in [1.82, 2.24) is 10.2 Å². The molecule has 0 fully saturated rings. The number of halogens is 1. The Bertz CT molecular complexity index is 1000. The first kappa shape index (κ1) is 26.3. The average molecular weight is 534 g/mol. The molecule has 7 nitrogen and oxygen atoms in total. The number of carbonyl (C=O) groups excluding carboxylic acids is 2. The molecule has 0 bridgehead atoms. The van der Waals surface area contributed by atoms with Gasteiger partial charge in [0.2, 0.25) is 0 Å². The lowest BCUT2D eigenvalue weighted by atomic mass is 9.91. The van der Waals surface area contributed by atoms with Gasteiger partial charge in [-0.1, -0.05) is 54.8 Å². The van der Waals surface area contributed by atoms with E-state index in [-0.39, 0.29) is 23.3 Å². The average Bonchev–Trinajstić information content (AvgIpc) is 3.00. The zero-order valence-corrected chi connectivity index (χ0v) is 22.8. The highest BCUT2D eigenvalue weighted by Gasteiger charge is 2.32. The molecule has 0 radical (unpaired) electrons. The third kappa shape index (κ3) is 6.62. The van der Waals surface area contributed by atoms with Gasteiger partial charge in [0.05, 0.1) is 6.04 Å². The number of amides is 2. The van der Waals surface area contributed by atoms with E-state index in [1.54, 1.807) is 4.90 Å². The minimum atomic E-state index is -0.600. The maximum Gasteiger partial charge on any atom is 0.410 e. The lowest BCUT2D eigenvalue weighted by Gasteiger charge is -2.29. The third-order valence-electron chi connectivity index (χ3n) is 5.83. The lowest BCUT2D eigenvalue weighted by molar-refractivity contribution is -0.116. The van der Waals surface area contributed by atoms with Crippen LogP contribution in [-0.2, 0) is 20.8 Å². The van der Waals surface area contributed by atoms with Crippen LogP contribution >= 0.6 is 15.9 Å². The first-order valence-corrected chi connectivity index (χ1v) is 12.6. The van der Waals surface area contributed by atoms with E-state index in [1.165, 1.54) is 0 Å². The van der Waals surface area contributed by atoms with Gasteiger partial charge in [-0.2, -0.15) is 0 Å². The number of carbonyl (C=O) groups is 2. The zero-order valence-electron chi connectivity index (χ0n) is 21.2. The number of fused-ring (bicyclic) bond motifs is 1. The number of benzene rings is 1. The van der Waals surface area contributed by atoms with Crippen molar-refractivity contribution in [2.24, 2.45) is 16.5 Å². The molecule has 8 heteroatoms. The molecule has 2 amide bonds. The van der Waals surface area contributed by atoms with E-state index in [4.69, 9.17) is 9.57 Å². The molecule has 1 aromatic carbocycles. The van der Waals surface area contributed by atoms with Crippen LogP contribution in [0, 0.1) is 11.3 Å². The van der Waals surface area contributed by atoms with E-state index in [0.717, 1.165) is 21.4 Å². The molecular weight excluding hydrogens is 498 g/mol. The maximum atomic E-state index is 13.4. The highest BCUT2D eigenvalue weighted by molar-refractivity contribution is 9.10. The second-order valence-electron chi connectivity index (χ2n) is 11.1. The Hall–Kier alpha value is -2.35. The quantitative estimate of drug-likeness (QED) is 0.525. The fourth-order valence-corrected chi connectivity index (χ4v) is 4.38. The Kier molecular flexibility index (Phi) is 7.80. The van der Waals surface area contributed by atoms with Gasteiger partial charge >= 0.3 is 6.09 Å². The smallest absolute Gasteiger partial charge is 0.410 e. The third-order valence-corrected chi connectivity index (χ3v) is 6.32. The Morgan fingerprint density at radius 3 is 2.56 bits per heavy atom. The van der Waals surface area contributed by atoms with Gasteiger partial charge in [0.25, 0.3) is 5.91 Å². The summed E-state index contributed by atoms with van der Waals surface area (Å²) in [5.41, 5.74) is 1.62. The van der Waals surface area contributed by atoms with E-state index in [1.807, 2.05) is 52.0 Å². The number of nitrogens with one attached hydrogen (secondary N) is 1. The number of hydrogen-bond acceptors (Lipinski definition) is 5. The van der Waals surface area contributed by atoms with E-state index >= 15 is 0 Å². The molecule has 0 aliphatic carbocycles. The maximum absolute atomic E-state index is 13.4. The van der Waals surface area contributed by atoms with Crippen molar-refractivity contribution in [3.05, 3.63) is 45.6 Å². The fourth-order valence-electron chi connectivity index (χ4n) is 3.97. The molecule has 2 aliphatic rings. The molecule has 0 saturated heterocycles. The molecule has 0 aromatic heterocycles. The van der Waals surface area contributed by atoms with Crippen LogP contribution in [0.3, 0.4) is 0 Å². The molecule has 3 rings (SSSR count). The Morgan fingerprint density at radius 2 is 1.91 bits per heavy atom. The summed E-state index contributed by atoms with van der Waals surface area (Å²) in [7, 11) is 0. The number of allylic oxidation sites excluding steroid dienone is 2. The number of rotatable bonds is 2. The van der Waals surface area contributed by atoms with Crippen molar-refractivity contribution in [3.8, 4) is 0 Å². The zero-order chi connectivity index (χ0) is 25.3. The second-order valence-corrected chi connectivity index (χ2v) is 12.0. The van der Waals surface area contributed by atoms with E-state index < -0.39 is 11.6 Å². The van der Waals surface area contributed by atoms with Gasteiger partial charge in [-0.3, -0.25) is 4.79 Å². The summed E-state index contributed by atoms with van der Waals surface area (Å²) < 4.78 is 6.57. The topological polar surface area (TPSA) is 80.2 Å². The van der Waals surface area contributed by atoms with Crippen molar-refractivity contribution in [1.29, 1.82) is 0 Å². The highest BCUT2D eigenvalue weighted by atomic mass is 79.9. The van der Waals surface area contributed by atoms with E-state index in [2.05, 4.69) is 47.2 Å². The molecule has 0 spiro atoms. The molecule has 1 N–H and O–H groups in total. The second kappa shape index (κ2) is 10.1. The molecular formula is C26H36BrN3O4. The van der Waals surface area contributed by atoms with Gasteiger partial charge < -0.3 is 19.8 Å². The predicted octanol–water partition coefficient (Wildman–Crippen LogP) is 5.74. The molecule has 2 unspecified atom stereocenters. The Morgan fingerprint density at radius 1 is 1.21 bits per heavy atom. The van der Waals surface area contributed by atoms with Crippen molar-refractivity contribution in [3.63, 3.8) is 0 Å². The van der Waals surface area contributed by atoms with Crippen LogP contribution in [0.2, 0.25) is 0 Å². The van der Waals surface area contributed by atoms with Crippen LogP contribution in [0.4, 0.5) is 4.79 Å². The van der Waals surface area contributed by atoms with Gasteiger partial charge in [0.15, 0.2) is 0 Å². The Balaban J connectivity index is 1.85. The molecule has 2 heterocycles. The normalized spacial score (nSPS) is 21.2. The summed E-state index contributed by atoms with van der Waals surface area (Å²) in [5, 5.41) is 7.36. The summed E-state index contributed by atoms with van der Waals surface area (Å²) in [5.74, 6) is 0.362. The fraction of sp³-hybridized carbons (Fsp3) is 0.577. The van der Waals surface area contributed by atoms with Gasteiger partial charge in [0, 0.05) is 28.9 Å². The van der Waals surface area contributed by atoms with Crippen molar-refractivity contribution in [2.45, 2.75) is 73.0 Å². The largest absolute Gasteiger partial charge is 0.444 e. The summed E-state index contributed by atoms with van der Waals surface area (Å²) in [6, 6.07) is 5.59. The van der Waals surface area contributed by atoms with Crippen LogP contribution in [0.5, 0.6) is 0 Å². The van der Waals surface area contributed by atoms with Crippen LogP contribution in [-0.4, -0.2) is 41.3 Å². The van der Waals surface area contributed by atoms with Crippen LogP contribution < -0.4 is 5.32 Å². The number of oxime groups is 1. The van der Waals surface area contributed by atoms with Gasteiger partial charge in [-0.05, 0) is 62.9 Å². The monoisotopic (exact) mass is 533 g/mol. The summed E-state index contributed by atoms with van der Waals surface area (Å²) in [4.78, 5) is 33.6. The van der Waals surface area contributed by atoms with Gasteiger partial charge in [-0.15, -0.1) is 0 Å². The van der Waals surface area contributed by atoms with E-state index in [9.17, 15) is 9.59 Å². The summed E-state index contributed by atoms with van der Waals surface area (Å²) in [6.45, 7) is 14.5. The first-order valence-electron chi connectivity index (χ1n) is 11.8. The molecule has 2 aliphatic heterocycles. The summed E-state index contributed by atoms with van der Waals surface area (Å²) in [6.07, 6.45) is 2.95. The highest BCUT2D eigenvalue weighted by Crippen LogP contribution is 2.31. The molecule has 1 aromatic rings. The van der Waals surface area contributed by atoms with Gasteiger partial charge in [0.1, 0.15) is 17.1 Å². The van der Waals surface area contributed by atoms with Crippen molar-refractivity contribution in [2.75, 3.05) is 13.1 Å². The molecule has 2 atom stereocenters. The molecule has 186 valence electrons. The van der Waals surface area contributed by atoms with Crippen molar-refractivity contribution >= 4 is 33.6 Å². The van der Waals surface area contributed by atoms with Gasteiger partial charge in [-0.25, -0.2) is 4.79 Å². The number of nitrogens with zero attached hydrogens (tertiary/aromatic N) is 2. The predicted molar refractivity (Wildman–Crippen MR) is 136 cm³/mol. The standard InChI is InChI=1S/C26H36BrN3O4/c1-16-8-11-21(25(2,3)4)34-29-22(16)23(31)28-20-15-30(24(32)33-26(5,6)7)13-12-17-14-18(27)9-10-19(17)20/h9-11,14,16,20H,8,12-13,15H2,1-7H3,(H,28,31). The lowest BCUT2D eigenvalue weighted by Crippen LogP contribution is -2.44. The molecule has 0 saturated carbocycles. The minimum absolute atomic E-state index is 0.100. The Labute approximate surface area is 211 Å². The summed E-state index contributed by atoms with van der Waals surface area (Å²) >= 11 is 3.54. The SMILES string of the molecule is CC1CC=C(C(C)(C)C)ON=C1C(=O)NC1CN(C(=O)OC(C)(C)C)CCc2cc(Br)ccc21. The number of ether oxygens (including phenoxy) is 1. The minimum Gasteiger partial charge on any atom is -0.444 e. The molecule has 34 heavy (non-hydrogen) atoms. The number of hydrogen-bond donors (Lipinski definition) is 1. The van der Waals surface area contributed by atoms with Crippen molar-refractivity contribution < 1.29 is 19.2 Å². The first-order chi connectivity index (χ1) is 15.7. The van der Waals surface area contributed by atoms with E-state index in [0.29, 0.717) is 31.6 Å². The van der Waals surface area contributed by atoms with Crippen LogP contribution in [0.1, 0.15) is 72.1 Å². The van der Waals surface area contributed by atoms with Crippen LogP contribution in [0.15, 0.2) is 39.7 Å². The van der Waals surface area contributed by atoms with Crippen LogP contribution in [0.25, 0.3) is 0 Å².